The number of pyridine rings is 1. The molecule has 0 bridgehead atoms. The Morgan fingerprint density at radius 3 is 2.80 bits per heavy atom. The summed E-state index contributed by atoms with van der Waals surface area (Å²) in [4.78, 5) is 9.55. The Balaban J connectivity index is 1.40. The summed E-state index contributed by atoms with van der Waals surface area (Å²) in [6.45, 7) is 8.22. The standard InChI is InChI=1S/C28H32N5O2/c1-18-14-33(17-29-18)24-10-9-23(31(4)27(24)34-5)22-15-32-12-6-7-20(26(32)30-22)19-8-11-25-21(13-19)28(2,3)16-35-25/h8-11,13-15,17,20H,6-7,12,16H2,1-5H3/q+1. The van der Waals surface area contributed by atoms with Gasteiger partial charge in [-0.15, -0.1) is 0 Å². The van der Waals surface area contributed by atoms with E-state index < -0.39 is 0 Å². The number of benzene rings is 1. The molecule has 0 saturated heterocycles. The maximum absolute atomic E-state index is 5.92. The van der Waals surface area contributed by atoms with Crippen molar-refractivity contribution in [2.75, 3.05) is 13.7 Å². The van der Waals surface area contributed by atoms with E-state index in [1.54, 1.807) is 7.11 Å². The first-order chi connectivity index (χ1) is 16.9. The van der Waals surface area contributed by atoms with Crippen molar-refractivity contribution in [2.45, 2.75) is 51.5 Å². The maximum Gasteiger partial charge on any atom is 0.392 e. The van der Waals surface area contributed by atoms with Crippen LogP contribution in [0.3, 0.4) is 0 Å². The highest BCUT2D eigenvalue weighted by atomic mass is 16.5. The minimum atomic E-state index is 0.0421. The van der Waals surface area contributed by atoms with Crippen LogP contribution in [0.4, 0.5) is 0 Å². The number of aromatic nitrogens is 5. The largest absolute Gasteiger partial charge is 0.492 e. The Hall–Kier alpha value is -3.61. The number of hydrogen-bond acceptors (Lipinski definition) is 4. The molecule has 0 fully saturated rings. The van der Waals surface area contributed by atoms with Gasteiger partial charge < -0.3 is 14.0 Å². The summed E-state index contributed by atoms with van der Waals surface area (Å²) >= 11 is 0. The van der Waals surface area contributed by atoms with Gasteiger partial charge >= 0.3 is 5.88 Å². The van der Waals surface area contributed by atoms with Crippen molar-refractivity contribution in [3.8, 4) is 28.7 Å². The van der Waals surface area contributed by atoms with Gasteiger partial charge in [-0.3, -0.25) is 4.57 Å². The molecule has 2 aliphatic heterocycles. The van der Waals surface area contributed by atoms with Crippen LogP contribution in [0, 0.1) is 6.92 Å². The number of hydrogen-bond donors (Lipinski definition) is 0. The van der Waals surface area contributed by atoms with Gasteiger partial charge in [-0.2, -0.15) is 4.57 Å². The first-order valence-corrected chi connectivity index (χ1v) is 12.3. The van der Waals surface area contributed by atoms with E-state index in [9.17, 15) is 0 Å². The van der Waals surface area contributed by atoms with E-state index in [0.29, 0.717) is 0 Å². The summed E-state index contributed by atoms with van der Waals surface area (Å²) in [6.07, 6.45) is 8.25. The maximum atomic E-state index is 5.92. The average molecular weight is 471 g/mol. The molecule has 4 aromatic rings. The Morgan fingerprint density at radius 1 is 1.17 bits per heavy atom. The van der Waals surface area contributed by atoms with Crippen molar-refractivity contribution in [2.24, 2.45) is 7.05 Å². The molecule has 0 radical (unpaired) electrons. The third-order valence-electron chi connectivity index (χ3n) is 7.46. The van der Waals surface area contributed by atoms with Gasteiger partial charge in [0.05, 0.1) is 25.7 Å². The minimum absolute atomic E-state index is 0.0421. The molecule has 1 unspecified atom stereocenters. The SMILES string of the molecule is COc1c(-n2cnc(C)c2)ccc(-c2cn3c(n2)C(c2ccc4c(c2)C(C)(C)CO4)CCC3)[n+]1C. The fraction of sp³-hybridized carbons (Fsp3) is 0.393. The van der Waals surface area contributed by atoms with Crippen LogP contribution in [0.2, 0.25) is 0 Å². The molecule has 5 heterocycles. The van der Waals surface area contributed by atoms with Crippen molar-refractivity contribution in [1.82, 2.24) is 19.1 Å². The van der Waals surface area contributed by atoms with Crippen LogP contribution in [-0.4, -0.2) is 32.8 Å². The Morgan fingerprint density at radius 2 is 2.03 bits per heavy atom. The van der Waals surface area contributed by atoms with Gasteiger partial charge in [-0.25, -0.2) is 9.97 Å². The van der Waals surface area contributed by atoms with Crippen LogP contribution in [0.25, 0.3) is 17.1 Å². The lowest BCUT2D eigenvalue weighted by Gasteiger charge is -2.25. The van der Waals surface area contributed by atoms with Crippen LogP contribution in [0.15, 0.2) is 49.1 Å². The van der Waals surface area contributed by atoms with Gasteiger partial charge in [0, 0.05) is 41.9 Å². The van der Waals surface area contributed by atoms with Crippen LogP contribution in [0.1, 0.15) is 55.3 Å². The Kier molecular flexibility index (Phi) is 4.99. The summed E-state index contributed by atoms with van der Waals surface area (Å²) in [7, 11) is 3.74. The molecule has 3 aromatic heterocycles. The molecule has 0 amide bonds. The molecule has 7 heteroatoms. The molecule has 0 spiro atoms. The van der Waals surface area contributed by atoms with E-state index in [1.165, 1.54) is 11.1 Å². The molecule has 6 rings (SSSR count). The van der Waals surface area contributed by atoms with Gasteiger partial charge in [0.1, 0.15) is 18.6 Å². The van der Waals surface area contributed by atoms with Gasteiger partial charge in [-0.05, 0) is 37.5 Å². The molecule has 1 atom stereocenters. The van der Waals surface area contributed by atoms with E-state index in [2.05, 4.69) is 64.5 Å². The zero-order valence-corrected chi connectivity index (χ0v) is 21.1. The second kappa shape index (κ2) is 7.97. The van der Waals surface area contributed by atoms with Crippen molar-refractivity contribution < 1.29 is 14.0 Å². The van der Waals surface area contributed by atoms with Crippen LogP contribution in [0.5, 0.6) is 11.6 Å². The van der Waals surface area contributed by atoms with E-state index in [4.69, 9.17) is 14.5 Å². The lowest BCUT2D eigenvalue weighted by Crippen LogP contribution is -2.34. The average Bonchev–Trinajstić information content (AvgIpc) is 3.55. The van der Waals surface area contributed by atoms with Crippen LogP contribution >= 0.6 is 0 Å². The molecule has 180 valence electrons. The fourth-order valence-electron chi connectivity index (χ4n) is 5.55. The molecule has 2 aliphatic rings. The number of aryl methyl sites for hydroxylation is 2. The van der Waals surface area contributed by atoms with Gasteiger partial charge in [0.15, 0.2) is 11.4 Å². The smallest absolute Gasteiger partial charge is 0.392 e. The van der Waals surface area contributed by atoms with Gasteiger partial charge in [-0.1, -0.05) is 26.0 Å². The summed E-state index contributed by atoms with van der Waals surface area (Å²) < 4.78 is 18.1. The molecular formula is C28H32N5O2+. The molecule has 35 heavy (non-hydrogen) atoms. The lowest BCUT2D eigenvalue weighted by atomic mass is 9.83. The molecule has 1 aromatic carbocycles. The summed E-state index contributed by atoms with van der Waals surface area (Å²) in [5, 5.41) is 0. The predicted molar refractivity (Wildman–Crippen MR) is 133 cm³/mol. The highest BCUT2D eigenvalue weighted by Crippen LogP contribution is 2.42. The third kappa shape index (κ3) is 3.52. The summed E-state index contributed by atoms with van der Waals surface area (Å²) in [5.74, 6) is 3.20. The number of ether oxygens (including phenoxy) is 2. The first kappa shape index (κ1) is 21.9. The lowest BCUT2D eigenvalue weighted by molar-refractivity contribution is -0.665. The van der Waals surface area contributed by atoms with Crippen molar-refractivity contribution in [3.05, 3.63) is 71.7 Å². The van der Waals surface area contributed by atoms with E-state index in [0.717, 1.165) is 66.2 Å². The molecular weight excluding hydrogens is 438 g/mol. The Bertz CT molecular complexity index is 1430. The highest BCUT2D eigenvalue weighted by molar-refractivity contribution is 5.55. The van der Waals surface area contributed by atoms with E-state index in [1.807, 2.05) is 31.1 Å². The molecule has 0 N–H and O–H groups in total. The van der Waals surface area contributed by atoms with Crippen molar-refractivity contribution >= 4 is 0 Å². The van der Waals surface area contributed by atoms with Crippen molar-refractivity contribution in [1.29, 1.82) is 0 Å². The molecule has 0 aliphatic carbocycles. The Labute approximate surface area is 206 Å². The number of nitrogens with zero attached hydrogens (tertiary/aromatic N) is 5. The highest BCUT2D eigenvalue weighted by Gasteiger charge is 2.34. The number of rotatable bonds is 4. The van der Waals surface area contributed by atoms with Gasteiger partial charge in [0.25, 0.3) is 0 Å². The minimum Gasteiger partial charge on any atom is -0.492 e. The number of methoxy groups -OCH3 is 1. The second-order valence-corrected chi connectivity index (χ2v) is 10.4. The number of fused-ring (bicyclic) bond motifs is 2. The summed E-state index contributed by atoms with van der Waals surface area (Å²) in [5.41, 5.74) is 6.57. The fourth-order valence-corrected chi connectivity index (χ4v) is 5.55. The monoisotopic (exact) mass is 470 g/mol. The topological polar surface area (TPSA) is 58.0 Å². The van der Waals surface area contributed by atoms with Gasteiger partial charge in [0.2, 0.25) is 5.69 Å². The van der Waals surface area contributed by atoms with E-state index >= 15 is 0 Å². The van der Waals surface area contributed by atoms with Crippen LogP contribution < -0.4 is 14.0 Å². The summed E-state index contributed by atoms with van der Waals surface area (Å²) in [6, 6.07) is 10.9. The number of imidazole rings is 2. The van der Waals surface area contributed by atoms with E-state index in [-0.39, 0.29) is 11.3 Å². The van der Waals surface area contributed by atoms with Crippen molar-refractivity contribution in [3.63, 3.8) is 0 Å². The second-order valence-electron chi connectivity index (χ2n) is 10.4. The normalized spacial score (nSPS) is 18.1. The zero-order valence-electron chi connectivity index (χ0n) is 21.1. The zero-order chi connectivity index (χ0) is 24.3. The third-order valence-corrected chi connectivity index (χ3v) is 7.46. The van der Waals surface area contributed by atoms with Crippen LogP contribution in [-0.2, 0) is 19.0 Å². The molecule has 7 nitrogen and oxygen atoms in total. The predicted octanol–water partition coefficient (Wildman–Crippen LogP) is 4.47. The molecule has 0 saturated carbocycles. The quantitative estimate of drug-likeness (QED) is 0.413. The first-order valence-electron chi connectivity index (χ1n) is 12.3.